The maximum Gasteiger partial charge on any atom is 0.387 e. The van der Waals surface area contributed by atoms with Crippen molar-refractivity contribution in [3.63, 3.8) is 0 Å². The number of piperidine rings is 1. The zero-order chi connectivity index (χ0) is 16.3. The number of hydrogen-bond acceptors (Lipinski definition) is 4. The first-order valence-corrected chi connectivity index (χ1v) is 8.23. The molecule has 2 rings (SSSR count). The Morgan fingerprint density at radius 2 is 2.14 bits per heavy atom. The Labute approximate surface area is 126 Å². The van der Waals surface area contributed by atoms with Crippen LogP contribution in [0.15, 0.2) is 23.1 Å². The fourth-order valence-electron chi connectivity index (χ4n) is 2.42. The summed E-state index contributed by atoms with van der Waals surface area (Å²) < 4.78 is 68.0. The van der Waals surface area contributed by atoms with Crippen LogP contribution in [0.1, 0.15) is 12.8 Å². The Morgan fingerprint density at radius 1 is 1.41 bits per heavy atom. The summed E-state index contributed by atoms with van der Waals surface area (Å²) >= 11 is 0. The Morgan fingerprint density at radius 3 is 2.73 bits per heavy atom. The Balaban J connectivity index is 2.24. The average molecular weight is 338 g/mol. The van der Waals surface area contributed by atoms with E-state index < -0.39 is 28.2 Å². The molecule has 1 saturated heterocycles. The summed E-state index contributed by atoms with van der Waals surface area (Å²) in [5, 5.41) is 0. The molecule has 1 aliphatic rings. The maximum atomic E-state index is 13.7. The second-order valence-corrected chi connectivity index (χ2v) is 7.02. The van der Waals surface area contributed by atoms with Crippen molar-refractivity contribution < 1.29 is 26.3 Å². The lowest BCUT2D eigenvalue weighted by Gasteiger charge is -2.31. The van der Waals surface area contributed by atoms with Gasteiger partial charge < -0.3 is 10.5 Å². The summed E-state index contributed by atoms with van der Waals surface area (Å²) in [6, 6.07) is 2.64. The molecule has 0 amide bonds. The third-order valence-electron chi connectivity index (χ3n) is 3.57. The van der Waals surface area contributed by atoms with E-state index in [1.165, 1.54) is 4.31 Å². The molecule has 1 aromatic rings. The standard InChI is InChI=1S/C13H17F3N2O3S/c14-11-6-10(3-4-12(11)21-13(15)16)22(19,20)18-5-1-2-9(7-17)8-18/h3-4,6,9,13H,1-2,5,7-8,17H2. The molecule has 0 aromatic heterocycles. The minimum Gasteiger partial charge on any atom is -0.432 e. The van der Waals surface area contributed by atoms with Gasteiger partial charge in [0.2, 0.25) is 10.0 Å². The lowest BCUT2D eigenvalue weighted by atomic mass is 10.0. The van der Waals surface area contributed by atoms with E-state index in [1.54, 1.807) is 0 Å². The normalized spacial score (nSPS) is 20.3. The van der Waals surface area contributed by atoms with E-state index in [1.807, 2.05) is 0 Å². The first kappa shape index (κ1) is 17.0. The molecule has 1 atom stereocenters. The van der Waals surface area contributed by atoms with Gasteiger partial charge in [0.1, 0.15) is 0 Å². The van der Waals surface area contributed by atoms with Gasteiger partial charge in [0, 0.05) is 13.1 Å². The SMILES string of the molecule is NCC1CCCN(S(=O)(=O)c2ccc(OC(F)F)c(F)c2)C1. The fourth-order valence-corrected chi connectivity index (χ4v) is 3.99. The van der Waals surface area contributed by atoms with Gasteiger partial charge in [-0.15, -0.1) is 0 Å². The minimum absolute atomic E-state index is 0.0646. The molecule has 0 bridgehead atoms. The van der Waals surface area contributed by atoms with Crippen molar-refractivity contribution in [3.8, 4) is 5.75 Å². The summed E-state index contributed by atoms with van der Waals surface area (Å²) in [4.78, 5) is -0.288. The number of ether oxygens (including phenoxy) is 1. The fraction of sp³-hybridized carbons (Fsp3) is 0.538. The van der Waals surface area contributed by atoms with Crippen LogP contribution in [-0.4, -0.2) is 39.0 Å². The van der Waals surface area contributed by atoms with Crippen LogP contribution in [0.2, 0.25) is 0 Å². The van der Waals surface area contributed by atoms with Gasteiger partial charge in [-0.2, -0.15) is 13.1 Å². The highest BCUT2D eigenvalue weighted by Gasteiger charge is 2.30. The quantitative estimate of drug-likeness (QED) is 0.888. The van der Waals surface area contributed by atoms with Crippen LogP contribution >= 0.6 is 0 Å². The van der Waals surface area contributed by atoms with Crippen molar-refractivity contribution >= 4 is 10.0 Å². The number of rotatable bonds is 5. The molecule has 124 valence electrons. The second kappa shape index (κ2) is 6.84. The summed E-state index contributed by atoms with van der Waals surface area (Å²) in [7, 11) is -3.88. The number of nitrogens with two attached hydrogens (primary N) is 1. The molecule has 0 aliphatic carbocycles. The average Bonchev–Trinajstić information content (AvgIpc) is 2.49. The van der Waals surface area contributed by atoms with Gasteiger partial charge in [-0.25, -0.2) is 12.8 Å². The minimum atomic E-state index is -3.88. The van der Waals surface area contributed by atoms with Crippen LogP contribution in [0.25, 0.3) is 0 Å². The summed E-state index contributed by atoms with van der Waals surface area (Å²) in [6.07, 6.45) is 1.52. The molecule has 0 radical (unpaired) electrons. The zero-order valence-corrected chi connectivity index (χ0v) is 12.5. The molecule has 1 unspecified atom stereocenters. The van der Waals surface area contributed by atoms with E-state index in [2.05, 4.69) is 4.74 Å². The van der Waals surface area contributed by atoms with Crippen LogP contribution < -0.4 is 10.5 Å². The molecule has 1 fully saturated rings. The first-order valence-electron chi connectivity index (χ1n) is 6.79. The molecule has 2 N–H and O–H groups in total. The third kappa shape index (κ3) is 3.71. The lowest BCUT2D eigenvalue weighted by molar-refractivity contribution is -0.0522. The second-order valence-electron chi connectivity index (χ2n) is 5.08. The highest BCUT2D eigenvalue weighted by molar-refractivity contribution is 7.89. The molecule has 9 heteroatoms. The van der Waals surface area contributed by atoms with Crippen molar-refractivity contribution in [1.29, 1.82) is 0 Å². The topological polar surface area (TPSA) is 72.6 Å². The van der Waals surface area contributed by atoms with Gasteiger partial charge in [-0.3, -0.25) is 0 Å². The van der Waals surface area contributed by atoms with Crippen molar-refractivity contribution in [2.45, 2.75) is 24.3 Å². The summed E-state index contributed by atoms with van der Waals surface area (Å²) in [5.74, 6) is -1.77. The van der Waals surface area contributed by atoms with Crippen LogP contribution in [0, 0.1) is 11.7 Å². The zero-order valence-electron chi connectivity index (χ0n) is 11.7. The Kier molecular flexibility index (Phi) is 5.30. The van der Waals surface area contributed by atoms with E-state index in [-0.39, 0.29) is 17.4 Å². The van der Waals surface area contributed by atoms with Gasteiger partial charge in [0.05, 0.1) is 4.90 Å². The molecule has 0 spiro atoms. The number of sulfonamides is 1. The van der Waals surface area contributed by atoms with Crippen LogP contribution in [0.4, 0.5) is 13.2 Å². The number of nitrogens with zero attached hydrogens (tertiary/aromatic N) is 1. The monoisotopic (exact) mass is 338 g/mol. The van der Waals surface area contributed by atoms with Crippen LogP contribution in [-0.2, 0) is 10.0 Å². The molecule has 5 nitrogen and oxygen atoms in total. The molecule has 1 heterocycles. The Hall–Kier alpha value is -1.32. The predicted octanol–water partition coefficient (Wildman–Crippen LogP) is 1.79. The van der Waals surface area contributed by atoms with Gasteiger partial charge in [0.15, 0.2) is 11.6 Å². The highest BCUT2D eigenvalue weighted by Crippen LogP contribution is 2.27. The molecular formula is C13H17F3N2O3S. The van der Waals surface area contributed by atoms with E-state index in [9.17, 15) is 21.6 Å². The number of halogens is 3. The Bertz CT molecular complexity index is 625. The predicted molar refractivity (Wildman–Crippen MR) is 73.6 cm³/mol. The molecule has 1 aliphatic heterocycles. The van der Waals surface area contributed by atoms with E-state index >= 15 is 0 Å². The number of benzene rings is 1. The van der Waals surface area contributed by atoms with Gasteiger partial charge in [-0.05, 0) is 43.5 Å². The smallest absolute Gasteiger partial charge is 0.387 e. The number of alkyl halides is 2. The third-order valence-corrected chi connectivity index (χ3v) is 5.43. The van der Waals surface area contributed by atoms with E-state index in [0.717, 1.165) is 18.6 Å². The van der Waals surface area contributed by atoms with Gasteiger partial charge >= 0.3 is 6.61 Å². The maximum absolute atomic E-state index is 13.7. The van der Waals surface area contributed by atoms with Gasteiger partial charge in [-0.1, -0.05) is 0 Å². The van der Waals surface area contributed by atoms with E-state index in [4.69, 9.17) is 5.73 Å². The lowest BCUT2D eigenvalue weighted by Crippen LogP contribution is -2.41. The number of hydrogen-bond donors (Lipinski definition) is 1. The molecular weight excluding hydrogens is 321 g/mol. The van der Waals surface area contributed by atoms with Gasteiger partial charge in [0.25, 0.3) is 0 Å². The first-order chi connectivity index (χ1) is 10.3. The largest absolute Gasteiger partial charge is 0.432 e. The molecule has 22 heavy (non-hydrogen) atoms. The van der Waals surface area contributed by atoms with Crippen molar-refractivity contribution in [2.75, 3.05) is 19.6 Å². The summed E-state index contributed by atoms with van der Waals surface area (Å²) in [6.45, 7) is -2.20. The van der Waals surface area contributed by atoms with Crippen molar-refractivity contribution in [3.05, 3.63) is 24.0 Å². The highest BCUT2D eigenvalue weighted by atomic mass is 32.2. The van der Waals surface area contributed by atoms with Crippen LogP contribution in [0.3, 0.4) is 0 Å². The summed E-state index contributed by atoms with van der Waals surface area (Å²) in [5.41, 5.74) is 5.57. The van der Waals surface area contributed by atoms with Crippen LogP contribution in [0.5, 0.6) is 5.75 Å². The van der Waals surface area contributed by atoms with Crippen molar-refractivity contribution in [2.24, 2.45) is 11.7 Å². The molecule has 0 saturated carbocycles. The molecule has 1 aromatic carbocycles. The van der Waals surface area contributed by atoms with Crippen molar-refractivity contribution in [1.82, 2.24) is 4.31 Å². The van der Waals surface area contributed by atoms with E-state index in [0.29, 0.717) is 25.6 Å².